The highest BCUT2D eigenvalue weighted by molar-refractivity contribution is 5.80. The molecule has 0 amide bonds. The van der Waals surface area contributed by atoms with Gasteiger partial charge in [-0.2, -0.15) is 5.26 Å². The summed E-state index contributed by atoms with van der Waals surface area (Å²) in [5, 5.41) is 9.59. The largest absolute Gasteiger partial charge is 0.255 e. The van der Waals surface area contributed by atoms with Crippen LogP contribution in [0.3, 0.4) is 0 Å². The summed E-state index contributed by atoms with van der Waals surface area (Å²) in [6.45, 7) is 1.97. The monoisotopic (exact) mass is 288 g/mol. The maximum absolute atomic E-state index is 14.1. The molecule has 1 heterocycles. The van der Waals surface area contributed by atoms with Crippen molar-refractivity contribution < 1.29 is 4.39 Å². The third-order valence-electron chi connectivity index (χ3n) is 3.63. The first-order valence-electron chi connectivity index (χ1n) is 6.92. The van der Waals surface area contributed by atoms with Crippen molar-refractivity contribution in [3.8, 4) is 28.5 Å². The van der Waals surface area contributed by atoms with Crippen LogP contribution in [0.2, 0.25) is 0 Å². The van der Waals surface area contributed by atoms with Crippen LogP contribution >= 0.6 is 0 Å². The minimum atomic E-state index is -0.346. The van der Waals surface area contributed by atoms with Crippen LogP contribution in [-0.4, -0.2) is 4.98 Å². The number of halogens is 1. The number of nitrogens with zero attached hydrogens (tertiary/aromatic N) is 2. The first-order valence-corrected chi connectivity index (χ1v) is 6.92. The van der Waals surface area contributed by atoms with E-state index in [0.29, 0.717) is 22.4 Å². The van der Waals surface area contributed by atoms with Gasteiger partial charge in [-0.25, -0.2) is 4.39 Å². The second-order valence-electron chi connectivity index (χ2n) is 4.99. The molecule has 0 bridgehead atoms. The standard InChI is InChI=1S/C19H13FN2/c1-13-6-2-3-7-14(13)19-17(12-21)15(10-11-22-19)16-8-4-5-9-18(16)20/h2-11H,1H3. The Labute approximate surface area is 128 Å². The Balaban J connectivity index is 2.29. The Morgan fingerprint density at radius 1 is 0.909 bits per heavy atom. The van der Waals surface area contributed by atoms with E-state index in [1.54, 1.807) is 30.5 Å². The van der Waals surface area contributed by atoms with Gasteiger partial charge in [0.1, 0.15) is 11.9 Å². The number of rotatable bonds is 2. The predicted octanol–water partition coefficient (Wildman–Crippen LogP) is 4.73. The zero-order valence-corrected chi connectivity index (χ0v) is 12.0. The second-order valence-corrected chi connectivity index (χ2v) is 4.99. The van der Waals surface area contributed by atoms with Gasteiger partial charge < -0.3 is 0 Å². The SMILES string of the molecule is Cc1ccccc1-c1nccc(-c2ccccc2F)c1C#N. The Hall–Kier alpha value is -2.99. The third kappa shape index (κ3) is 2.36. The summed E-state index contributed by atoms with van der Waals surface area (Å²) in [6.07, 6.45) is 1.62. The topological polar surface area (TPSA) is 36.7 Å². The number of hydrogen-bond acceptors (Lipinski definition) is 2. The first kappa shape index (κ1) is 14.0. The molecule has 0 spiro atoms. The second kappa shape index (κ2) is 5.79. The molecule has 0 aliphatic heterocycles. The molecule has 0 unspecified atom stereocenters. The van der Waals surface area contributed by atoms with Gasteiger partial charge in [0.2, 0.25) is 0 Å². The van der Waals surface area contributed by atoms with Gasteiger partial charge in [-0.3, -0.25) is 4.98 Å². The molecule has 22 heavy (non-hydrogen) atoms. The fourth-order valence-electron chi connectivity index (χ4n) is 2.52. The van der Waals surface area contributed by atoms with E-state index in [-0.39, 0.29) is 5.82 Å². The number of hydrogen-bond donors (Lipinski definition) is 0. The number of benzene rings is 2. The van der Waals surface area contributed by atoms with Crippen LogP contribution in [0, 0.1) is 24.1 Å². The molecular formula is C19H13FN2. The van der Waals surface area contributed by atoms with E-state index >= 15 is 0 Å². The average molecular weight is 288 g/mol. The quantitative estimate of drug-likeness (QED) is 0.683. The third-order valence-corrected chi connectivity index (χ3v) is 3.63. The number of pyridine rings is 1. The van der Waals surface area contributed by atoms with Crippen LogP contribution in [0.4, 0.5) is 4.39 Å². The molecule has 106 valence electrons. The molecule has 3 rings (SSSR count). The van der Waals surface area contributed by atoms with Gasteiger partial charge in [0.05, 0.1) is 11.3 Å². The smallest absolute Gasteiger partial charge is 0.131 e. The van der Waals surface area contributed by atoms with E-state index in [2.05, 4.69) is 11.1 Å². The summed E-state index contributed by atoms with van der Waals surface area (Å²) >= 11 is 0. The lowest BCUT2D eigenvalue weighted by molar-refractivity contribution is 0.631. The number of aryl methyl sites for hydroxylation is 1. The molecule has 1 aromatic heterocycles. The van der Waals surface area contributed by atoms with Gasteiger partial charge in [-0.1, -0.05) is 42.5 Å². The van der Waals surface area contributed by atoms with Crippen LogP contribution in [0.15, 0.2) is 60.8 Å². The van der Waals surface area contributed by atoms with Crippen LogP contribution in [0.5, 0.6) is 0 Å². The van der Waals surface area contributed by atoms with Gasteiger partial charge in [-0.05, 0) is 24.6 Å². The summed E-state index contributed by atoms with van der Waals surface area (Å²) < 4.78 is 14.1. The minimum absolute atomic E-state index is 0.346. The molecule has 0 fully saturated rings. The average Bonchev–Trinajstić information content (AvgIpc) is 2.55. The molecule has 0 aliphatic rings. The van der Waals surface area contributed by atoms with E-state index < -0.39 is 0 Å². The summed E-state index contributed by atoms with van der Waals surface area (Å²) in [4.78, 5) is 4.35. The van der Waals surface area contributed by atoms with Gasteiger partial charge in [0, 0.05) is 22.9 Å². The first-order chi connectivity index (χ1) is 10.7. The van der Waals surface area contributed by atoms with Crippen molar-refractivity contribution in [2.75, 3.05) is 0 Å². The van der Waals surface area contributed by atoms with E-state index in [9.17, 15) is 9.65 Å². The summed E-state index contributed by atoms with van der Waals surface area (Å²) in [6, 6.07) is 18.0. The normalized spacial score (nSPS) is 10.2. The van der Waals surface area contributed by atoms with Crippen molar-refractivity contribution in [1.82, 2.24) is 4.98 Å². The summed E-state index contributed by atoms with van der Waals surface area (Å²) in [7, 11) is 0. The highest BCUT2D eigenvalue weighted by Gasteiger charge is 2.16. The maximum atomic E-state index is 14.1. The Kier molecular flexibility index (Phi) is 3.67. The molecule has 2 aromatic carbocycles. The van der Waals surface area contributed by atoms with Crippen LogP contribution < -0.4 is 0 Å². The van der Waals surface area contributed by atoms with Gasteiger partial charge in [-0.15, -0.1) is 0 Å². The molecule has 0 N–H and O–H groups in total. The molecule has 0 saturated carbocycles. The van der Waals surface area contributed by atoms with Crippen molar-refractivity contribution in [3.05, 3.63) is 77.7 Å². The maximum Gasteiger partial charge on any atom is 0.131 e. The van der Waals surface area contributed by atoms with Crippen LogP contribution in [-0.2, 0) is 0 Å². The molecule has 0 radical (unpaired) electrons. The van der Waals surface area contributed by atoms with Gasteiger partial charge >= 0.3 is 0 Å². The Bertz CT molecular complexity index is 815. The van der Waals surface area contributed by atoms with Crippen molar-refractivity contribution in [2.24, 2.45) is 0 Å². The molecule has 0 saturated heterocycles. The fourth-order valence-corrected chi connectivity index (χ4v) is 2.52. The number of nitriles is 1. The van der Waals surface area contributed by atoms with Crippen molar-refractivity contribution in [3.63, 3.8) is 0 Å². The molecule has 0 aliphatic carbocycles. The molecule has 3 heteroatoms. The van der Waals surface area contributed by atoms with Crippen molar-refractivity contribution in [1.29, 1.82) is 5.26 Å². The van der Waals surface area contributed by atoms with Gasteiger partial charge in [0.25, 0.3) is 0 Å². The van der Waals surface area contributed by atoms with E-state index in [1.807, 2.05) is 31.2 Å². The van der Waals surface area contributed by atoms with Crippen molar-refractivity contribution >= 4 is 0 Å². The lowest BCUT2D eigenvalue weighted by Crippen LogP contribution is -1.96. The zero-order chi connectivity index (χ0) is 15.5. The molecular weight excluding hydrogens is 275 g/mol. The molecule has 3 aromatic rings. The van der Waals surface area contributed by atoms with E-state index in [1.165, 1.54) is 6.07 Å². The van der Waals surface area contributed by atoms with Crippen molar-refractivity contribution in [2.45, 2.75) is 6.92 Å². The lowest BCUT2D eigenvalue weighted by atomic mass is 9.95. The van der Waals surface area contributed by atoms with Crippen LogP contribution in [0.25, 0.3) is 22.4 Å². The highest BCUT2D eigenvalue weighted by atomic mass is 19.1. The Morgan fingerprint density at radius 2 is 1.59 bits per heavy atom. The summed E-state index contributed by atoms with van der Waals surface area (Å²) in [5.74, 6) is -0.346. The zero-order valence-electron chi connectivity index (χ0n) is 12.0. The number of aromatic nitrogens is 1. The van der Waals surface area contributed by atoms with Crippen LogP contribution in [0.1, 0.15) is 11.1 Å². The van der Waals surface area contributed by atoms with E-state index in [0.717, 1.165) is 11.1 Å². The van der Waals surface area contributed by atoms with Gasteiger partial charge in [0.15, 0.2) is 0 Å². The molecule has 0 atom stereocenters. The van der Waals surface area contributed by atoms with E-state index in [4.69, 9.17) is 0 Å². The lowest BCUT2D eigenvalue weighted by Gasteiger charge is -2.11. The molecule has 2 nitrogen and oxygen atoms in total. The minimum Gasteiger partial charge on any atom is -0.255 e. The fraction of sp³-hybridized carbons (Fsp3) is 0.0526. The predicted molar refractivity (Wildman–Crippen MR) is 84.5 cm³/mol. The summed E-state index contributed by atoms with van der Waals surface area (Å²) in [5.41, 5.74) is 3.86. The highest BCUT2D eigenvalue weighted by Crippen LogP contribution is 2.32. The Morgan fingerprint density at radius 3 is 2.27 bits per heavy atom.